The van der Waals surface area contributed by atoms with E-state index in [1.54, 1.807) is 36.5 Å². The molecule has 0 aliphatic carbocycles. The summed E-state index contributed by atoms with van der Waals surface area (Å²) in [6.45, 7) is -0.445. The van der Waals surface area contributed by atoms with Gasteiger partial charge in [-0.05, 0) is 29.3 Å². The highest BCUT2D eigenvalue weighted by atomic mass is 31.2. The molecule has 0 amide bonds. The number of hydrogen-bond donors (Lipinski definition) is 3. The third kappa shape index (κ3) is 6.92. The first-order valence-electron chi connectivity index (χ1n) is 10.7. The highest BCUT2D eigenvalue weighted by molar-refractivity contribution is 7.46. The van der Waals surface area contributed by atoms with Crippen LogP contribution < -0.4 is 15.0 Å². The molecule has 4 aromatic rings. The molecule has 0 bridgehead atoms. The average Bonchev–Trinajstić information content (AvgIpc) is 3.30. The van der Waals surface area contributed by atoms with Gasteiger partial charge < -0.3 is 19.0 Å². The monoisotopic (exact) mass is 537 g/mol. The first-order valence-corrected chi connectivity index (χ1v) is 12.3. The van der Waals surface area contributed by atoms with E-state index in [0.29, 0.717) is 29.5 Å². The van der Waals surface area contributed by atoms with Gasteiger partial charge in [-0.25, -0.2) is 31.8 Å². The minimum absolute atomic E-state index is 0.00347. The molecule has 4 N–H and O–H groups in total. The maximum Gasteiger partial charge on any atom is 0.472 e. The first-order chi connectivity index (χ1) is 17.6. The third-order valence-electron chi connectivity index (χ3n) is 5.20. The number of nitrogen functional groups attached to an aromatic ring is 1. The van der Waals surface area contributed by atoms with Gasteiger partial charge >= 0.3 is 7.82 Å². The van der Waals surface area contributed by atoms with Crippen molar-refractivity contribution in [3.63, 3.8) is 0 Å². The normalized spacial score (nSPS) is 11.6. The Morgan fingerprint density at radius 1 is 1.08 bits per heavy atom. The minimum Gasteiger partial charge on any atom is -0.477 e. The number of nitrogens with zero attached hydrogens (tertiary/aromatic N) is 3. The number of hydrogen-bond acceptors (Lipinski definition) is 7. The molecule has 0 aliphatic heterocycles. The fraction of sp³-hybridized carbons (Fsp3) is 0.174. The molecule has 3 aromatic heterocycles. The second-order valence-corrected chi connectivity index (χ2v) is 9.09. The molecule has 3 heterocycles. The van der Waals surface area contributed by atoms with E-state index in [0.717, 1.165) is 11.6 Å². The molecule has 0 fully saturated rings. The van der Waals surface area contributed by atoms with Crippen LogP contribution in [-0.2, 0) is 28.7 Å². The number of aromatic nitrogens is 3. The van der Waals surface area contributed by atoms with Gasteiger partial charge in [0, 0.05) is 37.2 Å². The number of pyridine rings is 2. The van der Waals surface area contributed by atoms with Crippen LogP contribution in [0.2, 0.25) is 0 Å². The number of rotatable bonds is 10. The summed E-state index contributed by atoms with van der Waals surface area (Å²) in [5.74, 6) is -2.45. The molecule has 14 heteroatoms. The molecule has 0 spiro atoms. The molecular formula is C23H21F3N4O6P+. The summed E-state index contributed by atoms with van der Waals surface area (Å²) in [6.07, 6.45) is 3.45. The molecule has 0 aliphatic rings. The Kier molecular flexibility index (Phi) is 7.89. The zero-order valence-corrected chi connectivity index (χ0v) is 19.9. The number of phosphoric ester groups is 1. The third-order valence-corrected chi connectivity index (χ3v) is 5.65. The van der Waals surface area contributed by atoms with E-state index in [-0.39, 0.29) is 30.3 Å². The molecule has 37 heavy (non-hydrogen) atoms. The van der Waals surface area contributed by atoms with E-state index < -0.39 is 32.0 Å². The van der Waals surface area contributed by atoms with Crippen molar-refractivity contribution in [3.8, 4) is 17.2 Å². The van der Waals surface area contributed by atoms with Gasteiger partial charge in [-0.1, -0.05) is 11.2 Å². The Morgan fingerprint density at radius 3 is 2.59 bits per heavy atom. The van der Waals surface area contributed by atoms with Gasteiger partial charge in [0.1, 0.15) is 11.4 Å². The summed E-state index contributed by atoms with van der Waals surface area (Å²) < 4.78 is 67.6. The summed E-state index contributed by atoms with van der Waals surface area (Å²) in [6, 6.07) is 9.60. The number of ether oxygens (including phenoxy) is 1. The van der Waals surface area contributed by atoms with Gasteiger partial charge in [0.05, 0.1) is 18.5 Å². The van der Waals surface area contributed by atoms with Crippen molar-refractivity contribution in [2.45, 2.75) is 19.6 Å². The summed E-state index contributed by atoms with van der Waals surface area (Å²) >= 11 is 0. The van der Waals surface area contributed by atoms with Crippen LogP contribution in [0.4, 0.5) is 19.0 Å². The SMILES string of the molecule is Nc1c(-c2cc(Cc3ccc(OCCc4cc(F)c(F)cc4F)nc3)no2)ccc[n+]1COP(=O)(O)O. The second-order valence-electron chi connectivity index (χ2n) is 7.85. The van der Waals surface area contributed by atoms with E-state index in [4.69, 9.17) is 24.8 Å². The molecular weight excluding hydrogens is 516 g/mol. The minimum atomic E-state index is -4.67. The zero-order chi connectivity index (χ0) is 26.6. The Balaban J connectivity index is 1.35. The van der Waals surface area contributed by atoms with Crippen LogP contribution in [0.15, 0.2) is 59.4 Å². The van der Waals surface area contributed by atoms with E-state index in [9.17, 15) is 17.7 Å². The van der Waals surface area contributed by atoms with Crippen LogP contribution >= 0.6 is 7.82 Å². The van der Waals surface area contributed by atoms with Crippen molar-refractivity contribution < 1.29 is 45.9 Å². The predicted octanol–water partition coefficient (Wildman–Crippen LogP) is 3.30. The Hall–Kier alpha value is -3.77. The summed E-state index contributed by atoms with van der Waals surface area (Å²) in [4.78, 5) is 22.0. The average molecular weight is 537 g/mol. The highest BCUT2D eigenvalue weighted by Crippen LogP contribution is 2.35. The van der Waals surface area contributed by atoms with Crippen LogP contribution in [0, 0.1) is 17.5 Å². The largest absolute Gasteiger partial charge is 0.477 e. The number of nitrogens with two attached hydrogens (primary N) is 1. The van der Waals surface area contributed by atoms with Crippen molar-refractivity contribution in [3.05, 3.63) is 89.1 Å². The lowest BCUT2D eigenvalue weighted by Gasteiger charge is -2.07. The lowest BCUT2D eigenvalue weighted by molar-refractivity contribution is -0.711. The molecule has 0 saturated heterocycles. The van der Waals surface area contributed by atoms with Crippen LogP contribution in [0.3, 0.4) is 0 Å². The first kappa shape index (κ1) is 26.3. The summed E-state index contributed by atoms with van der Waals surface area (Å²) in [5.41, 5.74) is 7.89. The molecule has 1 aromatic carbocycles. The molecule has 0 atom stereocenters. The predicted molar refractivity (Wildman–Crippen MR) is 122 cm³/mol. The van der Waals surface area contributed by atoms with Crippen LogP contribution in [-0.4, -0.2) is 26.5 Å². The number of halogens is 3. The maximum absolute atomic E-state index is 13.7. The standard InChI is InChI=1S/C23H20F3N4O6P/c24-18-11-20(26)19(25)9-15(18)5-7-34-22-4-3-14(12-28-22)8-16-10-21(36-29-16)17-2-1-6-30(23(17)27)13-35-37(31,32)33/h1-4,6,9-12,27H,5,7-8,13H2,(H2,31,32,33)/p+1. The Labute approximate surface area is 208 Å². The van der Waals surface area contributed by atoms with Gasteiger partial charge in [0.25, 0.3) is 5.82 Å². The van der Waals surface area contributed by atoms with E-state index in [1.165, 1.54) is 10.8 Å². The van der Waals surface area contributed by atoms with E-state index in [2.05, 4.69) is 14.7 Å². The molecule has 0 saturated carbocycles. The van der Waals surface area contributed by atoms with Gasteiger partial charge in [0.15, 0.2) is 17.4 Å². The van der Waals surface area contributed by atoms with Crippen LogP contribution in [0.1, 0.15) is 16.8 Å². The lowest BCUT2D eigenvalue weighted by Crippen LogP contribution is -2.38. The van der Waals surface area contributed by atoms with Gasteiger partial charge in [-0.3, -0.25) is 5.73 Å². The highest BCUT2D eigenvalue weighted by Gasteiger charge is 2.21. The van der Waals surface area contributed by atoms with Gasteiger partial charge in [0.2, 0.25) is 12.6 Å². The molecule has 194 valence electrons. The van der Waals surface area contributed by atoms with Crippen LogP contribution in [0.25, 0.3) is 11.3 Å². The lowest BCUT2D eigenvalue weighted by atomic mass is 10.1. The molecule has 10 nitrogen and oxygen atoms in total. The van der Waals surface area contributed by atoms with Crippen molar-refractivity contribution in [1.29, 1.82) is 0 Å². The quantitative estimate of drug-likeness (QED) is 0.158. The van der Waals surface area contributed by atoms with Crippen molar-refractivity contribution >= 4 is 13.6 Å². The number of phosphoric acid groups is 1. The topological polar surface area (TPSA) is 145 Å². The number of benzene rings is 1. The van der Waals surface area contributed by atoms with Crippen molar-refractivity contribution in [1.82, 2.24) is 10.1 Å². The fourth-order valence-corrected chi connectivity index (χ4v) is 3.65. The van der Waals surface area contributed by atoms with Gasteiger partial charge in [-0.15, -0.1) is 0 Å². The van der Waals surface area contributed by atoms with Crippen LogP contribution in [0.5, 0.6) is 5.88 Å². The zero-order valence-electron chi connectivity index (χ0n) is 19.1. The summed E-state index contributed by atoms with van der Waals surface area (Å²) in [7, 11) is -4.67. The molecule has 4 rings (SSSR count). The van der Waals surface area contributed by atoms with Crippen molar-refractivity contribution in [2.24, 2.45) is 0 Å². The smallest absolute Gasteiger partial charge is 0.472 e. The van der Waals surface area contributed by atoms with E-state index >= 15 is 0 Å². The van der Waals surface area contributed by atoms with Crippen molar-refractivity contribution in [2.75, 3.05) is 12.3 Å². The Bertz CT molecular complexity index is 1450. The molecule has 0 radical (unpaired) electrons. The van der Waals surface area contributed by atoms with Gasteiger partial charge in [-0.2, -0.15) is 0 Å². The maximum atomic E-state index is 13.7. The summed E-state index contributed by atoms with van der Waals surface area (Å²) in [5, 5.41) is 4.02. The van der Waals surface area contributed by atoms with E-state index in [1.807, 2.05) is 0 Å². The number of anilines is 1. The molecule has 0 unspecified atom stereocenters. The Morgan fingerprint density at radius 2 is 1.86 bits per heavy atom. The second kappa shape index (κ2) is 11.1. The fourth-order valence-electron chi connectivity index (χ4n) is 3.37.